The van der Waals surface area contributed by atoms with E-state index in [4.69, 9.17) is 9.47 Å². The number of ether oxygens (including phenoxy) is 2. The number of aliphatic hydroxyl groups is 1. The van der Waals surface area contributed by atoms with Crippen molar-refractivity contribution in [1.82, 2.24) is 5.32 Å². The van der Waals surface area contributed by atoms with E-state index in [0.717, 1.165) is 29.7 Å². The molecular weight excluding hydrogens is 278 g/mol. The van der Waals surface area contributed by atoms with E-state index in [1.165, 1.54) is 25.7 Å². The van der Waals surface area contributed by atoms with Crippen LogP contribution in [0.25, 0.3) is 0 Å². The van der Waals surface area contributed by atoms with Gasteiger partial charge in [0.2, 0.25) is 0 Å². The first-order chi connectivity index (χ1) is 10.7. The van der Waals surface area contributed by atoms with E-state index < -0.39 is 6.10 Å². The molecule has 0 spiro atoms. The van der Waals surface area contributed by atoms with Crippen LogP contribution in [0.4, 0.5) is 0 Å². The lowest BCUT2D eigenvalue weighted by atomic mass is 9.80. The van der Waals surface area contributed by atoms with Crippen LogP contribution in [0.15, 0.2) is 18.2 Å². The molecule has 1 aromatic carbocycles. The quantitative estimate of drug-likeness (QED) is 0.812. The number of rotatable bonds is 7. The van der Waals surface area contributed by atoms with Crippen LogP contribution in [0.3, 0.4) is 0 Å². The number of hydrogen-bond donors (Lipinski definition) is 2. The Labute approximate surface area is 133 Å². The second kappa shape index (κ2) is 8.39. The largest absolute Gasteiger partial charge is 0.497 e. The van der Waals surface area contributed by atoms with Gasteiger partial charge in [-0.2, -0.15) is 0 Å². The van der Waals surface area contributed by atoms with E-state index in [1.54, 1.807) is 14.2 Å². The standard InChI is InChI=1S/C18H29NO3/c1-13-6-4-5-7-14(13)11-19-12-17(20)16-10-15(21-2)8-9-18(16)22-3/h8-10,13-14,17,19-20H,4-7,11-12H2,1-3H3. The summed E-state index contributed by atoms with van der Waals surface area (Å²) in [5.74, 6) is 2.94. The molecule has 1 fully saturated rings. The highest BCUT2D eigenvalue weighted by molar-refractivity contribution is 5.41. The maximum absolute atomic E-state index is 10.4. The molecule has 1 saturated carbocycles. The molecule has 0 saturated heterocycles. The van der Waals surface area contributed by atoms with Crippen molar-refractivity contribution >= 4 is 0 Å². The van der Waals surface area contributed by atoms with Crippen molar-refractivity contribution < 1.29 is 14.6 Å². The average molecular weight is 307 g/mol. The SMILES string of the molecule is COc1ccc(OC)c(C(O)CNCC2CCCCC2C)c1. The first-order valence-corrected chi connectivity index (χ1v) is 8.26. The summed E-state index contributed by atoms with van der Waals surface area (Å²) in [7, 11) is 3.25. The van der Waals surface area contributed by atoms with Gasteiger partial charge in [0.25, 0.3) is 0 Å². The van der Waals surface area contributed by atoms with E-state index in [1.807, 2.05) is 18.2 Å². The highest BCUT2D eigenvalue weighted by Crippen LogP contribution is 2.30. The third-order valence-corrected chi connectivity index (χ3v) is 4.83. The molecule has 4 nitrogen and oxygen atoms in total. The van der Waals surface area contributed by atoms with E-state index >= 15 is 0 Å². The Morgan fingerprint density at radius 2 is 2.00 bits per heavy atom. The molecule has 0 radical (unpaired) electrons. The van der Waals surface area contributed by atoms with Crippen molar-refractivity contribution in [2.75, 3.05) is 27.3 Å². The predicted molar refractivity (Wildman–Crippen MR) is 88.5 cm³/mol. The van der Waals surface area contributed by atoms with Gasteiger partial charge >= 0.3 is 0 Å². The van der Waals surface area contributed by atoms with Crippen LogP contribution in [0.2, 0.25) is 0 Å². The van der Waals surface area contributed by atoms with Gasteiger partial charge < -0.3 is 19.9 Å². The fraction of sp³-hybridized carbons (Fsp3) is 0.667. The van der Waals surface area contributed by atoms with E-state index in [2.05, 4.69) is 12.2 Å². The van der Waals surface area contributed by atoms with Crippen LogP contribution in [-0.2, 0) is 0 Å². The molecule has 4 heteroatoms. The minimum absolute atomic E-state index is 0.534. The Bertz CT molecular complexity index is 464. The molecule has 0 bridgehead atoms. The van der Waals surface area contributed by atoms with E-state index in [-0.39, 0.29) is 0 Å². The second-order valence-electron chi connectivity index (χ2n) is 6.30. The lowest BCUT2D eigenvalue weighted by Gasteiger charge is -2.29. The van der Waals surface area contributed by atoms with E-state index in [9.17, 15) is 5.11 Å². The van der Waals surface area contributed by atoms with Crippen LogP contribution in [-0.4, -0.2) is 32.4 Å². The molecule has 124 valence electrons. The van der Waals surface area contributed by atoms with E-state index in [0.29, 0.717) is 12.3 Å². The van der Waals surface area contributed by atoms with Crippen molar-refractivity contribution in [3.63, 3.8) is 0 Å². The minimum atomic E-state index is -0.594. The topological polar surface area (TPSA) is 50.7 Å². The monoisotopic (exact) mass is 307 g/mol. The first kappa shape index (κ1) is 17.1. The summed E-state index contributed by atoms with van der Waals surface area (Å²) >= 11 is 0. The Kier molecular flexibility index (Phi) is 6.52. The normalized spacial score (nSPS) is 23.1. The van der Waals surface area contributed by atoms with Gasteiger partial charge in [-0.1, -0.05) is 26.2 Å². The number of hydrogen-bond acceptors (Lipinski definition) is 4. The number of methoxy groups -OCH3 is 2. The Balaban J connectivity index is 1.90. The summed E-state index contributed by atoms with van der Waals surface area (Å²) in [6.45, 7) is 3.85. The molecular formula is C18H29NO3. The average Bonchev–Trinajstić information content (AvgIpc) is 2.55. The third-order valence-electron chi connectivity index (χ3n) is 4.83. The summed E-state index contributed by atoms with van der Waals surface area (Å²) in [5, 5.41) is 13.9. The van der Waals surface area contributed by atoms with Gasteiger partial charge in [0.15, 0.2) is 0 Å². The molecule has 2 N–H and O–H groups in total. The fourth-order valence-corrected chi connectivity index (χ4v) is 3.31. The highest BCUT2D eigenvalue weighted by Gasteiger charge is 2.21. The molecule has 0 aromatic heterocycles. The third kappa shape index (κ3) is 4.37. The van der Waals surface area contributed by atoms with Crippen molar-refractivity contribution in [2.45, 2.75) is 38.7 Å². The molecule has 22 heavy (non-hydrogen) atoms. The van der Waals surface area contributed by atoms with Crippen molar-refractivity contribution in [3.05, 3.63) is 23.8 Å². The summed E-state index contributed by atoms with van der Waals surface area (Å²) in [6.07, 6.45) is 4.74. The van der Waals surface area contributed by atoms with Gasteiger partial charge in [0.1, 0.15) is 11.5 Å². The lowest BCUT2D eigenvalue weighted by molar-refractivity contribution is 0.161. The Hall–Kier alpha value is -1.26. The highest BCUT2D eigenvalue weighted by atomic mass is 16.5. The number of aliphatic hydroxyl groups excluding tert-OH is 1. The number of benzene rings is 1. The molecule has 2 rings (SSSR count). The van der Waals surface area contributed by atoms with Crippen LogP contribution in [0.1, 0.15) is 44.3 Å². The van der Waals surface area contributed by atoms with Gasteiger partial charge in [0, 0.05) is 12.1 Å². The van der Waals surface area contributed by atoms with Crippen molar-refractivity contribution in [2.24, 2.45) is 11.8 Å². The maximum Gasteiger partial charge on any atom is 0.124 e. The Morgan fingerprint density at radius 3 is 2.68 bits per heavy atom. The molecule has 3 unspecified atom stereocenters. The zero-order valence-corrected chi connectivity index (χ0v) is 14.0. The molecule has 3 atom stereocenters. The molecule has 1 aliphatic rings. The maximum atomic E-state index is 10.4. The Morgan fingerprint density at radius 1 is 1.23 bits per heavy atom. The first-order valence-electron chi connectivity index (χ1n) is 8.26. The molecule has 0 aliphatic heterocycles. The summed E-state index contributed by atoms with van der Waals surface area (Å²) in [5.41, 5.74) is 0.769. The van der Waals surface area contributed by atoms with Crippen LogP contribution in [0, 0.1) is 11.8 Å². The zero-order chi connectivity index (χ0) is 15.9. The fourth-order valence-electron chi connectivity index (χ4n) is 3.31. The second-order valence-corrected chi connectivity index (χ2v) is 6.30. The summed E-state index contributed by atoms with van der Waals surface area (Å²) in [4.78, 5) is 0. The molecule has 0 amide bonds. The minimum Gasteiger partial charge on any atom is -0.497 e. The summed E-state index contributed by atoms with van der Waals surface area (Å²) in [6, 6.07) is 5.52. The summed E-state index contributed by atoms with van der Waals surface area (Å²) < 4.78 is 10.6. The van der Waals surface area contributed by atoms with Crippen LogP contribution < -0.4 is 14.8 Å². The lowest BCUT2D eigenvalue weighted by Crippen LogP contribution is -2.32. The van der Waals surface area contributed by atoms with Crippen molar-refractivity contribution in [3.8, 4) is 11.5 Å². The molecule has 0 heterocycles. The van der Waals surface area contributed by atoms with Gasteiger partial charge in [-0.05, 0) is 43.0 Å². The van der Waals surface area contributed by atoms with Crippen molar-refractivity contribution in [1.29, 1.82) is 0 Å². The van der Waals surface area contributed by atoms with Crippen LogP contribution >= 0.6 is 0 Å². The predicted octanol–water partition coefficient (Wildman–Crippen LogP) is 3.15. The van der Waals surface area contributed by atoms with Gasteiger partial charge in [0.05, 0.1) is 20.3 Å². The molecule has 1 aliphatic carbocycles. The smallest absolute Gasteiger partial charge is 0.124 e. The van der Waals surface area contributed by atoms with Gasteiger partial charge in [-0.25, -0.2) is 0 Å². The van der Waals surface area contributed by atoms with Gasteiger partial charge in [-0.15, -0.1) is 0 Å². The molecule has 1 aromatic rings. The van der Waals surface area contributed by atoms with Crippen LogP contribution in [0.5, 0.6) is 11.5 Å². The number of nitrogens with one attached hydrogen (secondary N) is 1. The zero-order valence-electron chi connectivity index (χ0n) is 14.0. The van der Waals surface area contributed by atoms with Gasteiger partial charge in [-0.3, -0.25) is 0 Å².